The van der Waals surface area contributed by atoms with Crippen molar-refractivity contribution in [1.82, 2.24) is 20.1 Å². The molecule has 0 radical (unpaired) electrons. The first-order valence-corrected chi connectivity index (χ1v) is 11.2. The van der Waals surface area contributed by atoms with Gasteiger partial charge in [0, 0.05) is 54.8 Å². The maximum Gasteiger partial charge on any atom is 0.259 e. The predicted octanol–water partition coefficient (Wildman–Crippen LogP) is 4.10. The zero-order valence-electron chi connectivity index (χ0n) is 18.6. The molecule has 4 aromatic rings. The Morgan fingerprint density at radius 1 is 1.03 bits per heavy atom. The number of aromatic amines is 1. The molecular weight excluding hydrogens is 414 g/mol. The van der Waals surface area contributed by atoms with Crippen molar-refractivity contribution >= 4 is 39.7 Å². The topological polar surface area (TPSA) is 89.2 Å². The molecule has 8 heteroatoms. The number of hydrogen-bond acceptors (Lipinski definition) is 6. The number of piperazine rings is 1. The smallest absolute Gasteiger partial charge is 0.259 e. The third-order valence-corrected chi connectivity index (χ3v) is 6.05. The Bertz CT molecular complexity index is 1260. The summed E-state index contributed by atoms with van der Waals surface area (Å²) in [7, 11) is 0. The first-order valence-electron chi connectivity index (χ1n) is 11.2. The molecule has 1 fully saturated rings. The average Bonchev–Trinajstić information content (AvgIpc) is 3.32. The molecule has 1 saturated heterocycles. The molecule has 0 spiro atoms. The van der Waals surface area contributed by atoms with E-state index in [1.54, 1.807) is 24.5 Å². The largest absolute Gasteiger partial charge is 0.369 e. The number of pyridine rings is 1. The monoisotopic (exact) mass is 441 g/mol. The molecule has 1 aliphatic heterocycles. The molecule has 0 saturated carbocycles. The number of anilines is 4. The van der Waals surface area contributed by atoms with Crippen LogP contribution in [0.5, 0.6) is 0 Å². The third-order valence-electron chi connectivity index (χ3n) is 6.05. The number of nitrogens with one attached hydrogen (secondary N) is 3. The van der Waals surface area contributed by atoms with E-state index in [0.29, 0.717) is 11.4 Å². The van der Waals surface area contributed by atoms with Crippen molar-refractivity contribution < 1.29 is 4.79 Å². The molecule has 1 amide bonds. The van der Waals surface area contributed by atoms with Crippen LogP contribution < -0.4 is 15.5 Å². The van der Waals surface area contributed by atoms with Gasteiger partial charge in [0.25, 0.3) is 5.91 Å². The summed E-state index contributed by atoms with van der Waals surface area (Å²) in [6.07, 6.45) is 3.45. The lowest BCUT2D eigenvalue weighted by atomic mass is 10.2. The highest BCUT2D eigenvalue weighted by atomic mass is 16.1. The van der Waals surface area contributed by atoms with E-state index in [2.05, 4.69) is 48.6 Å². The molecule has 8 nitrogen and oxygen atoms in total. The lowest BCUT2D eigenvalue weighted by Gasteiger charge is -2.35. The van der Waals surface area contributed by atoms with Crippen molar-refractivity contribution in [1.29, 1.82) is 0 Å². The Morgan fingerprint density at radius 3 is 2.76 bits per heavy atom. The second-order valence-corrected chi connectivity index (χ2v) is 8.12. The van der Waals surface area contributed by atoms with Gasteiger partial charge in [-0.25, -0.2) is 4.98 Å². The van der Waals surface area contributed by atoms with Crippen molar-refractivity contribution in [3.05, 3.63) is 72.6 Å². The second-order valence-electron chi connectivity index (χ2n) is 8.12. The first kappa shape index (κ1) is 21.0. The van der Waals surface area contributed by atoms with Gasteiger partial charge in [0.2, 0.25) is 0 Å². The van der Waals surface area contributed by atoms with Crippen molar-refractivity contribution in [3.8, 4) is 0 Å². The minimum Gasteiger partial charge on any atom is -0.369 e. The van der Waals surface area contributed by atoms with Crippen LogP contribution in [0, 0.1) is 0 Å². The van der Waals surface area contributed by atoms with Gasteiger partial charge in [-0.2, -0.15) is 5.10 Å². The molecule has 2 aromatic carbocycles. The van der Waals surface area contributed by atoms with Crippen molar-refractivity contribution in [2.24, 2.45) is 0 Å². The number of nitrogens with zero attached hydrogens (tertiary/aromatic N) is 4. The number of carbonyl (C=O) groups is 1. The molecule has 3 heterocycles. The van der Waals surface area contributed by atoms with Gasteiger partial charge in [-0.1, -0.05) is 13.0 Å². The number of likely N-dealkylation sites (N-methyl/N-ethyl adjacent to an activating group) is 1. The van der Waals surface area contributed by atoms with Gasteiger partial charge in [-0.3, -0.25) is 9.89 Å². The van der Waals surface area contributed by atoms with Crippen LogP contribution in [0.15, 0.2) is 67.0 Å². The molecule has 2 aromatic heterocycles. The quantitative estimate of drug-likeness (QED) is 0.418. The molecule has 0 aliphatic carbocycles. The highest BCUT2D eigenvalue weighted by molar-refractivity contribution is 6.08. The van der Waals surface area contributed by atoms with E-state index < -0.39 is 0 Å². The lowest BCUT2D eigenvalue weighted by molar-refractivity contribution is 0.102. The molecule has 3 N–H and O–H groups in total. The zero-order valence-corrected chi connectivity index (χ0v) is 18.6. The number of amides is 1. The minimum atomic E-state index is -0.207. The molecule has 1 aliphatic rings. The van der Waals surface area contributed by atoms with E-state index >= 15 is 0 Å². The van der Waals surface area contributed by atoms with Crippen LogP contribution in [0.2, 0.25) is 0 Å². The normalized spacial score (nSPS) is 14.4. The molecule has 0 bridgehead atoms. The van der Waals surface area contributed by atoms with Crippen LogP contribution in [0.1, 0.15) is 17.3 Å². The Balaban J connectivity index is 1.31. The maximum atomic E-state index is 13.1. The van der Waals surface area contributed by atoms with Crippen LogP contribution in [0.4, 0.5) is 22.9 Å². The molecule has 0 atom stereocenters. The SMILES string of the molecule is CCN1CCN(c2cccc(NC(=O)c3cccnc3Nc3ccc4cn[nH]c4c3)c2)CC1. The Hall–Kier alpha value is -3.91. The molecule has 0 unspecified atom stereocenters. The van der Waals surface area contributed by atoms with Crippen LogP contribution >= 0.6 is 0 Å². The predicted molar refractivity (Wildman–Crippen MR) is 132 cm³/mol. The molecular formula is C25H27N7O. The summed E-state index contributed by atoms with van der Waals surface area (Å²) < 4.78 is 0. The first-order chi connectivity index (χ1) is 16.2. The van der Waals surface area contributed by atoms with Gasteiger partial charge in [0.15, 0.2) is 0 Å². The summed E-state index contributed by atoms with van der Waals surface area (Å²) in [6, 6.07) is 17.4. The Kier molecular flexibility index (Phi) is 5.91. The van der Waals surface area contributed by atoms with Crippen molar-refractivity contribution in [2.75, 3.05) is 48.3 Å². The van der Waals surface area contributed by atoms with Crippen LogP contribution in [0.25, 0.3) is 10.9 Å². The van der Waals surface area contributed by atoms with E-state index in [-0.39, 0.29) is 5.91 Å². The summed E-state index contributed by atoms with van der Waals surface area (Å²) in [5.41, 5.74) is 4.11. The van der Waals surface area contributed by atoms with Crippen LogP contribution in [-0.2, 0) is 0 Å². The zero-order chi connectivity index (χ0) is 22.6. The van der Waals surface area contributed by atoms with Crippen molar-refractivity contribution in [3.63, 3.8) is 0 Å². The lowest BCUT2D eigenvalue weighted by Crippen LogP contribution is -2.46. The number of carbonyl (C=O) groups excluding carboxylic acids is 1. The fourth-order valence-corrected chi connectivity index (χ4v) is 4.14. The van der Waals surface area contributed by atoms with Gasteiger partial charge in [0.1, 0.15) is 5.82 Å². The fraction of sp³-hybridized carbons (Fsp3) is 0.240. The third kappa shape index (κ3) is 4.65. The summed E-state index contributed by atoms with van der Waals surface area (Å²) in [5, 5.41) is 14.3. The summed E-state index contributed by atoms with van der Waals surface area (Å²) >= 11 is 0. The highest BCUT2D eigenvalue weighted by Crippen LogP contribution is 2.24. The van der Waals surface area contributed by atoms with Gasteiger partial charge < -0.3 is 20.4 Å². The van der Waals surface area contributed by atoms with Crippen LogP contribution in [0.3, 0.4) is 0 Å². The second kappa shape index (κ2) is 9.30. The van der Waals surface area contributed by atoms with Crippen molar-refractivity contribution in [2.45, 2.75) is 6.92 Å². The number of rotatable bonds is 6. The number of hydrogen-bond donors (Lipinski definition) is 3. The minimum absolute atomic E-state index is 0.207. The van der Waals surface area contributed by atoms with E-state index in [1.807, 2.05) is 36.4 Å². The van der Waals surface area contributed by atoms with Gasteiger partial charge in [0.05, 0.1) is 17.3 Å². The standard InChI is InChI=1S/C25H27N7O/c1-2-31-11-13-32(14-12-31)21-6-3-5-19(15-21)29-25(33)22-7-4-10-26-24(22)28-20-9-8-18-17-27-30-23(18)16-20/h3-10,15-17H,2,11-14H2,1H3,(H,26,28)(H,27,30)(H,29,33). The van der Waals surface area contributed by atoms with Gasteiger partial charge >= 0.3 is 0 Å². The van der Waals surface area contributed by atoms with Gasteiger partial charge in [-0.05, 0) is 55.1 Å². The number of aromatic nitrogens is 3. The molecule has 168 valence electrons. The van der Waals surface area contributed by atoms with E-state index in [0.717, 1.165) is 60.7 Å². The maximum absolute atomic E-state index is 13.1. The van der Waals surface area contributed by atoms with E-state index in [1.165, 1.54) is 0 Å². The van der Waals surface area contributed by atoms with Gasteiger partial charge in [-0.15, -0.1) is 0 Å². The highest BCUT2D eigenvalue weighted by Gasteiger charge is 2.17. The van der Waals surface area contributed by atoms with Crippen LogP contribution in [-0.4, -0.2) is 58.7 Å². The number of fused-ring (bicyclic) bond motifs is 1. The fourth-order valence-electron chi connectivity index (χ4n) is 4.14. The summed E-state index contributed by atoms with van der Waals surface area (Å²) in [6.45, 7) is 7.37. The number of benzene rings is 2. The number of H-pyrrole nitrogens is 1. The average molecular weight is 442 g/mol. The summed E-state index contributed by atoms with van der Waals surface area (Å²) in [5.74, 6) is 0.293. The van der Waals surface area contributed by atoms with E-state index in [9.17, 15) is 4.79 Å². The Morgan fingerprint density at radius 2 is 1.91 bits per heavy atom. The molecule has 33 heavy (non-hydrogen) atoms. The Labute approximate surface area is 192 Å². The summed E-state index contributed by atoms with van der Waals surface area (Å²) in [4.78, 5) is 22.4. The molecule has 5 rings (SSSR count). The van der Waals surface area contributed by atoms with E-state index in [4.69, 9.17) is 0 Å².